The van der Waals surface area contributed by atoms with E-state index in [0.717, 1.165) is 53.8 Å². The molecule has 4 aromatic rings. The third-order valence-electron chi connectivity index (χ3n) is 5.86. The standard InChI is InChI=1S/C24H25N5O3/c1-31-19-6-4-5-17(13-19)14-22-26-24(27-32-22)18-7-8-21-20(15-18)25-16-29(21)12-9-23(30)28-10-2-3-11-28/h4-8,13,15-16H,2-3,9-12,14H2,1H3. The Balaban J connectivity index is 1.28. The largest absolute Gasteiger partial charge is 0.497 e. The lowest BCUT2D eigenvalue weighted by molar-refractivity contribution is -0.130. The minimum Gasteiger partial charge on any atom is -0.497 e. The quantitative estimate of drug-likeness (QED) is 0.444. The van der Waals surface area contributed by atoms with Gasteiger partial charge in [-0.05, 0) is 48.7 Å². The van der Waals surface area contributed by atoms with Gasteiger partial charge in [-0.1, -0.05) is 17.3 Å². The summed E-state index contributed by atoms with van der Waals surface area (Å²) in [5.41, 5.74) is 3.71. The number of nitrogens with zero attached hydrogens (tertiary/aromatic N) is 5. The number of ether oxygens (including phenoxy) is 1. The van der Waals surface area contributed by atoms with E-state index in [1.165, 1.54) is 0 Å². The maximum atomic E-state index is 12.3. The molecule has 0 radical (unpaired) electrons. The molecule has 0 bridgehead atoms. The minimum atomic E-state index is 0.219. The van der Waals surface area contributed by atoms with Gasteiger partial charge >= 0.3 is 0 Å². The first-order valence-corrected chi connectivity index (χ1v) is 10.9. The average Bonchev–Trinajstić information content (AvgIpc) is 3.58. The molecule has 1 fully saturated rings. The summed E-state index contributed by atoms with van der Waals surface area (Å²) in [5, 5.41) is 4.14. The average molecular weight is 431 g/mol. The first-order valence-electron chi connectivity index (χ1n) is 10.9. The molecule has 2 aromatic carbocycles. The van der Waals surface area contributed by atoms with E-state index in [4.69, 9.17) is 9.26 Å². The molecule has 8 nitrogen and oxygen atoms in total. The third kappa shape index (κ3) is 4.21. The van der Waals surface area contributed by atoms with Gasteiger partial charge in [0.05, 0.1) is 30.9 Å². The molecule has 1 amide bonds. The van der Waals surface area contributed by atoms with Crippen molar-refractivity contribution < 1.29 is 14.1 Å². The zero-order chi connectivity index (χ0) is 21.9. The van der Waals surface area contributed by atoms with Crippen molar-refractivity contribution >= 4 is 16.9 Å². The monoisotopic (exact) mass is 431 g/mol. The number of likely N-dealkylation sites (tertiary alicyclic amines) is 1. The highest BCUT2D eigenvalue weighted by atomic mass is 16.5. The number of carbonyl (C=O) groups is 1. The van der Waals surface area contributed by atoms with Gasteiger partial charge in [0.25, 0.3) is 0 Å². The van der Waals surface area contributed by atoms with E-state index < -0.39 is 0 Å². The van der Waals surface area contributed by atoms with Gasteiger partial charge < -0.3 is 18.7 Å². The molecule has 1 saturated heterocycles. The number of amides is 1. The van der Waals surface area contributed by atoms with Gasteiger partial charge in [-0.2, -0.15) is 4.98 Å². The van der Waals surface area contributed by atoms with Crippen LogP contribution in [0.2, 0.25) is 0 Å². The van der Waals surface area contributed by atoms with Crippen LogP contribution < -0.4 is 4.74 Å². The van der Waals surface area contributed by atoms with Crippen molar-refractivity contribution in [3.05, 3.63) is 60.2 Å². The van der Waals surface area contributed by atoms with Crippen molar-refractivity contribution in [3.8, 4) is 17.1 Å². The molecule has 3 heterocycles. The van der Waals surface area contributed by atoms with E-state index in [0.29, 0.717) is 31.1 Å². The van der Waals surface area contributed by atoms with Crippen molar-refractivity contribution in [2.75, 3.05) is 20.2 Å². The van der Waals surface area contributed by atoms with Gasteiger partial charge in [0.15, 0.2) is 0 Å². The van der Waals surface area contributed by atoms with Crippen molar-refractivity contribution in [1.29, 1.82) is 0 Å². The fraction of sp³-hybridized carbons (Fsp3) is 0.333. The molecule has 0 atom stereocenters. The summed E-state index contributed by atoms with van der Waals surface area (Å²) in [7, 11) is 1.65. The van der Waals surface area contributed by atoms with Crippen LogP contribution in [0.1, 0.15) is 30.7 Å². The van der Waals surface area contributed by atoms with Gasteiger partial charge in [0.2, 0.25) is 17.6 Å². The fourth-order valence-electron chi connectivity index (χ4n) is 4.12. The number of rotatable bonds is 7. The molecule has 0 aliphatic carbocycles. The molecule has 5 rings (SSSR count). The molecular formula is C24H25N5O3. The molecule has 8 heteroatoms. The molecule has 32 heavy (non-hydrogen) atoms. The SMILES string of the molecule is COc1cccc(Cc2nc(-c3ccc4c(c3)ncn4CCC(=O)N3CCCC3)no2)c1. The molecule has 0 saturated carbocycles. The van der Waals surface area contributed by atoms with Crippen LogP contribution in [-0.2, 0) is 17.8 Å². The van der Waals surface area contributed by atoms with Gasteiger partial charge in [-0.25, -0.2) is 4.98 Å². The van der Waals surface area contributed by atoms with E-state index in [1.54, 1.807) is 13.4 Å². The smallest absolute Gasteiger partial charge is 0.231 e. The Bertz CT molecular complexity index is 1240. The van der Waals surface area contributed by atoms with Crippen molar-refractivity contribution in [1.82, 2.24) is 24.6 Å². The van der Waals surface area contributed by atoms with E-state index in [9.17, 15) is 4.79 Å². The summed E-state index contributed by atoms with van der Waals surface area (Å²) in [5.74, 6) is 2.09. The Labute approximate surface area is 185 Å². The second kappa shape index (κ2) is 8.82. The topological polar surface area (TPSA) is 86.3 Å². The number of hydrogen-bond acceptors (Lipinski definition) is 6. The predicted octanol–water partition coefficient (Wildman–Crippen LogP) is 3.70. The number of fused-ring (bicyclic) bond motifs is 1. The highest BCUT2D eigenvalue weighted by Gasteiger charge is 2.18. The van der Waals surface area contributed by atoms with Crippen LogP contribution in [0.15, 0.2) is 53.3 Å². The normalized spacial score (nSPS) is 13.7. The fourth-order valence-corrected chi connectivity index (χ4v) is 4.12. The van der Waals surface area contributed by atoms with Gasteiger partial charge in [-0.3, -0.25) is 4.79 Å². The van der Waals surface area contributed by atoms with E-state index >= 15 is 0 Å². The van der Waals surface area contributed by atoms with Gasteiger partial charge in [0, 0.05) is 31.6 Å². The summed E-state index contributed by atoms with van der Waals surface area (Å²) in [4.78, 5) is 23.4. The van der Waals surface area contributed by atoms with E-state index in [2.05, 4.69) is 15.1 Å². The number of benzene rings is 2. The van der Waals surface area contributed by atoms with Crippen LogP contribution in [0.3, 0.4) is 0 Å². The number of carbonyl (C=O) groups excluding carboxylic acids is 1. The van der Waals surface area contributed by atoms with E-state index in [-0.39, 0.29) is 5.91 Å². The highest BCUT2D eigenvalue weighted by Crippen LogP contribution is 2.23. The summed E-state index contributed by atoms with van der Waals surface area (Å²) in [6, 6.07) is 13.7. The lowest BCUT2D eigenvalue weighted by atomic mass is 10.1. The van der Waals surface area contributed by atoms with Crippen molar-refractivity contribution in [3.63, 3.8) is 0 Å². The minimum absolute atomic E-state index is 0.219. The van der Waals surface area contributed by atoms with Crippen molar-refractivity contribution in [2.45, 2.75) is 32.2 Å². The molecule has 164 valence electrons. The predicted molar refractivity (Wildman–Crippen MR) is 119 cm³/mol. The Hall–Kier alpha value is -3.68. The molecule has 1 aliphatic heterocycles. The summed E-state index contributed by atoms with van der Waals surface area (Å²) in [6.45, 7) is 2.40. The summed E-state index contributed by atoms with van der Waals surface area (Å²) >= 11 is 0. The van der Waals surface area contributed by atoms with Crippen LogP contribution in [-0.4, -0.2) is 50.7 Å². The lowest BCUT2D eigenvalue weighted by Crippen LogP contribution is -2.28. The Morgan fingerprint density at radius 3 is 2.88 bits per heavy atom. The van der Waals surface area contributed by atoms with Crippen LogP contribution in [0.4, 0.5) is 0 Å². The zero-order valence-corrected chi connectivity index (χ0v) is 18.0. The van der Waals surface area contributed by atoms with E-state index in [1.807, 2.05) is 51.9 Å². The Kier molecular flexibility index (Phi) is 5.58. The molecule has 0 unspecified atom stereocenters. The van der Waals surface area contributed by atoms with Crippen LogP contribution >= 0.6 is 0 Å². The maximum Gasteiger partial charge on any atom is 0.231 e. The number of methoxy groups -OCH3 is 1. The second-order valence-corrected chi connectivity index (χ2v) is 8.02. The summed E-state index contributed by atoms with van der Waals surface area (Å²) < 4.78 is 12.8. The first kappa shape index (κ1) is 20.2. The lowest BCUT2D eigenvalue weighted by Gasteiger charge is -2.15. The second-order valence-electron chi connectivity index (χ2n) is 8.02. The third-order valence-corrected chi connectivity index (χ3v) is 5.86. The van der Waals surface area contributed by atoms with Gasteiger partial charge in [-0.15, -0.1) is 0 Å². The maximum absolute atomic E-state index is 12.3. The van der Waals surface area contributed by atoms with Crippen molar-refractivity contribution in [2.24, 2.45) is 0 Å². The Morgan fingerprint density at radius 2 is 2.03 bits per heavy atom. The van der Waals surface area contributed by atoms with Crippen LogP contribution in [0.25, 0.3) is 22.4 Å². The first-order chi connectivity index (χ1) is 15.7. The molecular weight excluding hydrogens is 406 g/mol. The number of aromatic nitrogens is 4. The molecule has 0 N–H and O–H groups in total. The highest BCUT2D eigenvalue weighted by molar-refractivity contribution is 5.81. The van der Waals surface area contributed by atoms with Crippen LogP contribution in [0, 0.1) is 0 Å². The van der Waals surface area contributed by atoms with Crippen LogP contribution in [0.5, 0.6) is 5.75 Å². The number of hydrogen-bond donors (Lipinski definition) is 0. The molecule has 1 aliphatic rings. The van der Waals surface area contributed by atoms with Gasteiger partial charge in [0.1, 0.15) is 5.75 Å². The number of imidazole rings is 1. The summed E-state index contributed by atoms with van der Waals surface area (Å²) in [6.07, 6.45) is 5.04. The Morgan fingerprint density at radius 1 is 1.16 bits per heavy atom. The molecule has 0 spiro atoms. The zero-order valence-electron chi connectivity index (χ0n) is 18.0. The molecule has 2 aromatic heterocycles. The number of aryl methyl sites for hydroxylation is 1.